The molecule has 1 N–H and O–H groups in total. The third kappa shape index (κ3) is 6.72. The van der Waals surface area contributed by atoms with Gasteiger partial charge in [-0.1, -0.05) is 30.7 Å². The van der Waals surface area contributed by atoms with Crippen molar-refractivity contribution in [2.45, 2.75) is 39.7 Å². The molecule has 0 aliphatic rings. The summed E-state index contributed by atoms with van der Waals surface area (Å²) < 4.78 is 17.3. The first-order valence-corrected chi connectivity index (χ1v) is 9.21. The highest BCUT2D eigenvalue weighted by molar-refractivity contribution is 7.85. The van der Waals surface area contributed by atoms with E-state index in [0.29, 0.717) is 18.1 Å². The summed E-state index contributed by atoms with van der Waals surface area (Å²) >= 11 is 0. The van der Waals surface area contributed by atoms with E-state index in [9.17, 15) is 4.21 Å². The van der Waals surface area contributed by atoms with Gasteiger partial charge in [-0.2, -0.15) is 0 Å². The van der Waals surface area contributed by atoms with Crippen LogP contribution in [-0.4, -0.2) is 36.0 Å². The third-order valence-electron chi connectivity index (χ3n) is 3.51. The van der Waals surface area contributed by atoms with Crippen molar-refractivity contribution in [2.75, 3.05) is 31.8 Å². The molecule has 3 nitrogen and oxygen atoms in total. The number of aryl methyl sites for hydroxylation is 2. The predicted octanol–water partition coefficient (Wildman–Crippen LogP) is 3.13. The van der Waals surface area contributed by atoms with Gasteiger partial charge in [0.1, 0.15) is 0 Å². The Morgan fingerprint density at radius 3 is 2.71 bits per heavy atom. The zero-order valence-corrected chi connectivity index (χ0v) is 14.6. The molecule has 2 atom stereocenters. The Hall–Kier alpha value is -0.710. The van der Waals surface area contributed by atoms with Crippen molar-refractivity contribution in [3.8, 4) is 0 Å². The summed E-state index contributed by atoms with van der Waals surface area (Å²) in [5.41, 5.74) is 3.82. The summed E-state index contributed by atoms with van der Waals surface area (Å²) in [5.74, 6) is 1.39. The predicted molar refractivity (Wildman–Crippen MR) is 91.3 cm³/mol. The van der Waals surface area contributed by atoms with E-state index in [1.165, 1.54) is 16.7 Å². The van der Waals surface area contributed by atoms with Crippen LogP contribution in [0, 0.1) is 13.8 Å². The maximum Gasteiger partial charge on any atom is 0.0471 e. The highest BCUT2D eigenvalue weighted by atomic mass is 32.2. The Kier molecular flexibility index (Phi) is 8.81. The second-order valence-electron chi connectivity index (χ2n) is 5.52. The molecule has 0 aliphatic carbocycles. The Balaban J connectivity index is 2.72. The molecule has 0 saturated heterocycles. The van der Waals surface area contributed by atoms with E-state index in [2.05, 4.69) is 44.3 Å². The Bertz CT molecular complexity index is 448. The lowest BCUT2D eigenvalue weighted by Gasteiger charge is -2.21. The van der Waals surface area contributed by atoms with Crippen molar-refractivity contribution in [1.29, 1.82) is 0 Å². The van der Waals surface area contributed by atoms with Gasteiger partial charge in [-0.3, -0.25) is 4.21 Å². The van der Waals surface area contributed by atoms with Gasteiger partial charge in [0.15, 0.2) is 0 Å². The van der Waals surface area contributed by atoms with Gasteiger partial charge in [0.25, 0.3) is 0 Å². The molecule has 0 heterocycles. The van der Waals surface area contributed by atoms with Crippen LogP contribution in [0.2, 0.25) is 0 Å². The summed E-state index contributed by atoms with van der Waals surface area (Å²) in [6, 6.07) is 6.68. The fourth-order valence-electron chi connectivity index (χ4n) is 2.43. The number of hydrogen-bond donors (Lipinski definition) is 1. The SMILES string of the molecule is CCCNC(CS(=O)CCCOC)c1ccc(C)cc1C. The van der Waals surface area contributed by atoms with Crippen LogP contribution in [0.4, 0.5) is 0 Å². The number of nitrogens with one attached hydrogen (secondary N) is 1. The molecule has 120 valence electrons. The molecule has 1 aromatic carbocycles. The van der Waals surface area contributed by atoms with Crippen LogP contribution in [0.3, 0.4) is 0 Å². The van der Waals surface area contributed by atoms with Crippen molar-refractivity contribution in [3.63, 3.8) is 0 Å². The van der Waals surface area contributed by atoms with E-state index >= 15 is 0 Å². The minimum atomic E-state index is -0.812. The number of rotatable bonds is 10. The Morgan fingerprint density at radius 2 is 2.10 bits per heavy atom. The fourth-order valence-corrected chi connectivity index (χ4v) is 3.70. The summed E-state index contributed by atoms with van der Waals surface area (Å²) in [5, 5.41) is 3.54. The standard InChI is InChI=1S/C17H29NO2S/c1-5-9-18-17(13-21(19)11-6-10-20-4)16-8-7-14(2)12-15(16)3/h7-8,12,17-18H,5-6,9-11,13H2,1-4H3. The van der Waals surface area contributed by atoms with Crippen LogP contribution >= 0.6 is 0 Å². The fraction of sp³-hybridized carbons (Fsp3) is 0.647. The van der Waals surface area contributed by atoms with Gasteiger partial charge < -0.3 is 10.1 Å². The molecule has 21 heavy (non-hydrogen) atoms. The van der Waals surface area contributed by atoms with E-state index in [1.807, 2.05) is 0 Å². The summed E-state index contributed by atoms with van der Waals surface area (Å²) in [4.78, 5) is 0. The van der Waals surface area contributed by atoms with Crippen LogP contribution in [-0.2, 0) is 15.5 Å². The van der Waals surface area contributed by atoms with Crippen LogP contribution < -0.4 is 5.32 Å². The van der Waals surface area contributed by atoms with Crippen molar-refractivity contribution in [1.82, 2.24) is 5.32 Å². The highest BCUT2D eigenvalue weighted by Gasteiger charge is 2.16. The number of methoxy groups -OCH3 is 1. The van der Waals surface area contributed by atoms with Crippen LogP contribution in [0.25, 0.3) is 0 Å². The van der Waals surface area contributed by atoms with Crippen molar-refractivity contribution in [2.24, 2.45) is 0 Å². The first kappa shape index (κ1) is 18.3. The van der Waals surface area contributed by atoms with Gasteiger partial charge in [-0.25, -0.2) is 0 Å². The smallest absolute Gasteiger partial charge is 0.0471 e. The van der Waals surface area contributed by atoms with Crippen LogP contribution in [0.15, 0.2) is 18.2 Å². The first-order valence-electron chi connectivity index (χ1n) is 7.73. The molecule has 0 fully saturated rings. The normalized spacial score (nSPS) is 14.1. The second-order valence-corrected chi connectivity index (χ2v) is 7.14. The Morgan fingerprint density at radius 1 is 1.33 bits per heavy atom. The molecule has 2 unspecified atom stereocenters. The summed E-state index contributed by atoms with van der Waals surface area (Å²) in [7, 11) is 0.873. The zero-order chi connectivity index (χ0) is 15.7. The van der Waals surface area contributed by atoms with Gasteiger partial charge >= 0.3 is 0 Å². The van der Waals surface area contributed by atoms with E-state index in [0.717, 1.165) is 19.4 Å². The van der Waals surface area contributed by atoms with Crippen LogP contribution in [0.1, 0.15) is 42.5 Å². The molecular formula is C17H29NO2S. The third-order valence-corrected chi connectivity index (χ3v) is 4.96. The monoisotopic (exact) mass is 311 g/mol. The van der Waals surface area contributed by atoms with E-state index in [1.54, 1.807) is 7.11 Å². The van der Waals surface area contributed by atoms with E-state index < -0.39 is 10.8 Å². The average molecular weight is 311 g/mol. The topological polar surface area (TPSA) is 38.3 Å². The van der Waals surface area contributed by atoms with Crippen LogP contribution in [0.5, 0.6) is 0 Å². The summed E-state index contributed by atoms with van der Waals surface area (Å²) in [6.45, 7) is 8.03. The van der Waals surface area contributed by atoms with Gasteiger partial charge in [0, 0.05) is 42.1 Å². The lowest BCUT2D eigenvalue weighted by molar-refractivity contribution is 0.200. The molecule has 0 saturated carbocycles. The quantitative estimate of drug-likeness (QED) is 0.675. The maximum absolute atomic E-state index is 12.3. The minimum absolute atomic E-state index is 0.175. The Labute approximate surface area is 131 Å². The average Bonchev–Trinajstić information content (AvgIpc) is 2.44. The first-order chi connectivity index (χ1) is 10.1. The molecule has 0 aromatic heterocycles. The number of benzene rings is 1. The number of ether oxygens (including phenoxy) is 1. The van der Waals surface area contributed by atoms with Crippen molar-refractivity contribution >= 4 is 10.8 Å². The summed E-state index contributed by atoms with van der Waals surface area (Å²) in [6.07, 6.45) is 1.94. The maximum atomic E-state index is 12.3. The minimum Gasteiger partial charge on any atom is -0.385 e. The molecule has 0 aliphatic heterocycles. The lowest BCUT2D eigenvalue weighted by Crippen LogP contribution is -2.28. The van der Waals surface area contributed by atoms with E-state index in [-0.39, 0.29) is 6.04 Å². The largest absolute Gasteiger partial charge is 0.385 e. The molecular weight excluding hydrogens is 282 g/mol. The van der Waals surface area contributed by atoms with Gasteiger partial charge in [0.05, 0.1) is 0 Å². The molecule has 0 spiro atoms. The van der Waals surface area contributed by atoms with Crippen molar-refractivity contribution < 1.29 is 8.95 Å². The van der Waals surface area contributed by atoms with Gasteiger partial charge in [-0.15, -0.1) is 0 Å². The zero-order valence-electron chi connectivity index (χ0n) is 13.8. The second kappa shape index (κ2) is 10.1. The number of hydrogen-bond acceptors (Lipinski definition) is 3. The molecule has 0 amide bonds. The lowest BCUT2D eigenvalue weighted by atomic mass is 10.00. The van der Waals surface area contributed by atoms with Gasteiger partial charge in [0.2, 0.25) is 0 Å². The van der Waals surface area contributed by atoms with Gasteiger partial charge in [-0.05, 0) is 44.4 Å². The highest BCUT2D eigenvalue weighted by Crippen LogP contribution is 2.20. The molecule has 0 bridgehead atoms. The molecule has 0 radical (unpaired) electrons. The van der Waals surface area contributed by atoms with Crippen molar-refractivity contribution in [3.05, 3.63) is 34.9 Å². The molecule has 1 aromatic rings. The molecule has 4 heteroatoms. The van der Waals surface area contributed by atoms with E-state index in [4.69, 9.17) is 4.74 Å². The molecule has 1 rings (SSSR count).